The van der Waals surface area contributed by atoms with Crippen molar-refractivity contribution in [2.75, 3.05) is 20.3 Å². The van der Waals surface area contributed by atoms with Crippen molar-refractivity contribution in [3.8, 4) is 0 Å². The van der Waals surface area contributed by atoms with Gasteiger partial charge in [0.1, 0.15) is 6.10 Å². The molecule has 0 radical (unpaired) electrons. The number of hydrogen-bond donors (Lipinski definition) is 2. The van der Waals surface area contributed by atoms with Crippen LogP contribution in [-0.4, -0.2) is 41.2 Å². The number of H-pyrrole nitrogens is 1. The number of aromatic amines is 1. The zero-order chi connectivity index (χ0) is 21.9. The van der Waals surface area contributed by atoms with E-state index in [4.69, 9.17) is 27.9 Å². The molecule has 0 saturated carbocycles. The normalized spacial score (nSPS) is 12.1. The Morgan fingerprint density at radius 3 is 2.45 bits per heavy atom. The van der Waals surface area contributed by atoms with E-state index in [0.29, 0.717) is 28.3 Å². The number of nitrogens with one attached hydrogen (secondary N) is 1. The summed E-state index contributed by atoms with van der Waals surface area (Å²) in [4.78, 5) is 30.1. The fraction of sp³-hybridized carbons (Fsp3) is 0.429. The van der Waals surface area contributed by atoms with Crippen molar-refractivity contribution < 1.29 is 14.6 Å². The van der Waals surface area contributed by atoms with E-state index in [0.717, 1.165) is 11.3 Å². The quantitative estimate of drug-likeness (QED) is 0.682. The molecule has 0 aliphatic heterocycles. The minimum absolute atomic E-state index is 0.141. The van der Waals surface area contributed by atoms with Crippen molar-refractivity contribution in [3.63, 3.8) is 0 Å². The minimum Gasteiger partial charge on any atom is -0.393 e. The van der Waals surface area contributed by atoms with Crippen molar-refractivity contribution in [1.82, 2.24) is 9.88 Å². The van der Waals surface area contributed by atoms with Crippen LogP contribution in [-0.2, 0) is 11.3 Å². The summed E-state index contributed by atoms with van der Waals surface area (Å²) in [5, 5.41) is 10.1. The first kappa shape index (κ1) is 23.4. The van der Waals surface area contributed by atoms with E-state index in [1.54, 1.807) is 17.9 Å². The maximum absolute atomic E-state index is 13.4. The number of halogens is 2. The molecule has 2 aromatic rings. The van der Waals surface area contributed by atoms with Crippen LogP contribution >= 0.6 is 23.2 Å². The fourth-order valence-electron chi connectivity index (χ4n) is 3.28. The average Bonchev–Trinajstić information content (AvgIpc) is 2.66. The highest BCUT2D eigenvalue weighted by molar-refractivity contribution is 6.37. The van der Waals surface area contributed by atoms with E-state index >= 15 is 0 Å². The average molecular weight is 441 g/mol. The molecule has 2 N–H and O–H groups in total. The Labute approximate surface area is 180 Å². The second kappa shape index (κ2) is 9.76. The van der Waals surface area contributed by atoms with E-state index in [9.17, 15) is 14.7 Å². The molecule has 0 fully saturated rings. The van der Waals surface area contributed by atoms with Crippen molar-refractivity contribution in [2.24, 2.45) is 0 Å². The molecule has 0 spiro atoms. The van der Waals surface area contributed by atoms with Crippen LogP contribution in [0.15, 0.2) is 16.9 Å². The molecule has 1 aromatic carbocycles. The zero-order valence-electron chi connectivity index (χ0n) is 17.2. The van der Waals surface area contributed by atoms with E-state index in [-0.39, 0.29) is 35.2 Å². The summed E-state index contributed by atoms with van der Waals surface area (Å²) in [6.07, 6.45) is -0.704. The Morgan fingerprint density at radius 2 is 1.93 bits per heavy atom. The SMILES string of the molecule is CCN(Cc1c(C)cc(C)[nH]c1=O)C(=O)c1c(C)c(Cl)cc(C(CO)OC)c1Cl. The van der Waals surface area contributed by atoms with Gasteiger partial charge in [0.05, 0.1) is 23.7 Å². The molecule has 8 heteroatoms. The number of pyridine rings is 1. The van der Waals surface area contributed by atoms with Gasteiger partial charge < -0.3 is 19.7 Å². The topological polar surface area (TPSA) is 82.6 Å². The highest BCUT2D eigenvalue weighted by atomic mass is 35.5. The molecular formula is C21H26Cl2N2O4. The summed E-state index contributed by atoms with van der Waals surface area (Å²) in [5.41, 5.74) is 3.09. The number of aliphatic hydroxyl groups excluding tert-OH is 1. The summed E-state index contributed by atoms with van der Waals surface area (Å²) in [6, 6.07) is 3.47. The van der Waals surface area contributed by atoms with Gasteiger partial charge in [0.15, 0.2) is 0 Å². The first-order valence-electron chi connectivity index (χ1n) is 9.26. The lowest BCUT2D eigenvalue weighted by Crippen LogP contribution is -2.34. The van der Waals surface area contributed by atoms with Gasteiger partial charge in [-0.1, -0.05) is 23.2 Å². The Balaban J connectivity index is 2.53. The van der Waals surface area contributed by atoms with Gasteiger partial charge in [0, 0.05) is 35.5 Å². The van der Waals surface area contributed by atoms with Crippen LogP contribution < -0.4 is 5.56 Å². The van der Waals surface area contributed by atoms with Crippen LogP contribution in [0.1, 0.15) is 51.3 Å². The minimum atomic E-state index is -0.704. The fourth-order valence-corrected chi connectivity index (χ4v) is 3.89. The monoisotopic (exact) mass is 440 g/mol. The summed E-state index contributed by atoms with van der Waals surface area (Å²) >= 11 is 12.9. The number of carbonyl (C=O) groups excluding carboxylic acids is 1. The number of hydrogen-bond acceptors (Lipinski definition) is 4. The largest absolute Gasteiger partial charge is 0.393 e. The second-order valence-corrected chi connectivity index (χ2v) is 7.72. The molecule has 1 heterocycles. The first-order chi connectivity index (χ1) is 13.7. The second-order valence-electron chi connectivity index (χ2n) is 6.93. The van der Waals surface area contributed by atoms with E-state index < -0.39 is 6.10 Å². The maximum Gasteiger partial charge on any atom is 0.255 e. The number of aryl methyl sites for hydroxylation is 2. The molecule has 0 aliphatic rings. The number of carbonyl (C=O) groups is 1. The molecular weight excluding hydrogens is 415 g/mol. The number of rotatable bonds is 7. The first-order valence-corrected chi connectivity index (χ1v) is 10.0. The molecule has 0 saturated heterocycles. The maximum atomic E-state index is 13.4. The van der Waals surface area contributed by atoms with Crippen molar-refractivity contribution in [3.05, 3.63) is 66.0 Å². The lowest BCUT2D eigenvalue weighted by atomic mass is 9.99. The number of nitrogens with zero attached hydrogens (tertiary/aromatic N) is 1. The molecule has 0 aliphatic carbocycles. The predicted octanol–water partition coefficient (Wildman–Crippen LogP) is 3.95. The van der Waals surface area contributed by atoms with Gasteiger partial charge in [-0.25, -0.2) is 0 Å². The third kappa shape index (κ3) is 4.83. The van der Waals surface area contributed by atoms with Gasteiger partial charge in [0.25, 0.3) is 11.5 Å². The number of aromatic nitrogens is 1. The molecule has 2 rings (SSSR count). The summed E-state index contributed by atoms with van der Waals surface area (Å²) in [7, 11) is 1.44. The molecule has 158 valence electrons. The summed E-state index contributed by atoms with van der Waals surface area (Å²) in [6.45, 7) is 7.40. The van der Waals surface area contributed by atoms with Crippen LogP contribution in [0.25, 0.3) is 0 Å². The van der Waals surface area contributed by atoms with Crippen molar-refractivity contribution in [1.29, 1.82) is 0 Å². The number of benzene rings is 1. The number of amides is 1. The zero-order valence-corrected chi connectivity index (χ0v) is 18.7. The highest BCUT2D eigenvalue weighted by Crippen LogP contribution is 2.35. The lowest BCUT2D eigenvalue weighted by Gasteiger charge is -2.25. The molecule has 1 aromatic heterocycles. The lowest BCUT2D eigenvalue weighted by molar-refractivity contribution is 0.0483. The van der Waals surface area contributed by atoms with Gasteiger partial charge in [-0.05, 0) is 51.0 Å². The van der Waals surface area contributed by atoms with Crippen molar-refractivity contribution in [2.45, 2.75) is 40.3 Å². The molecule has 1 unspecified atom stereocenters. The Kier molecular flexibility index (Phi) is 7.88. The summed E-state index contributed by atoms with van der Waals surface area (Å²) < 4.78 is 5.26. The Morgan fingerprint density at radius 1 is 1.28 bits per heavy atom. The van der Waals surface area contributed by atoms with Crippen molar-refractivity contribution >= 4 is 29.1 Å². The molecule has 29 heavy (non-hydrogen) atoms. The van der Waals surface area contributed by atoms with Crippen LogP contribution in [0.4, 0.5) is 0 Å². The van der Waals surface area contributed by atoms with E-state index in [2.05, 4.69) is 4.98 Å². The van der Waals surface area contributed by atoms with Crippen LogP contribution in [0.3, 0.4) is 0 Å². The molecule has 1 amide bonds. The summed E-state index contributed by atoms with van der Waals surface area (Å²) in [5.74, 6) is -0.342. The van der Waals surface area contributed by atoms with E-state index in [1.807, 2.05) is 26.8 Å². The number of ether oxygens (including phenoxy) is 1. The predicted molar refractivity (Wildman–Crippen MR) is 115 cm³/mol. The standard InChI is InChI=1S/C21H26Cl2N2O4/c1-6-25(9-15-11(2)7-12(3)24-20(15)27)21(28)18-13(4)16(22)8-14(19(18)23)17(10-26)29-5/h7-8,17,26H,6,9-10H2,1-5H3,(H,24,27). The van der Waals surface area contributed by atoms with Gasteiger partial charge >= 0.3 is 0 Å². The van der Waals surface area contributed by atoms with Gasteiger partial charge in [-0.15, -0.1) is 0 Å². The number of methoxy groups -OCH3 is 1. The van der Waals surface area contributed by atoms with Gasteiger partial charge in [-0.3, -0.25) is 9.59 Å². The molecule has 1 atom stereocenters. The molecule has 0 bridgehead atoms. The third-order valence-corrected chi connectivity index (χ3v) is 5.81. The Bertz CT molecular complexity index is 968. The van der Waals surface area contributed by atoms with Crippen LogP contribution in [0.5, 0.6) is 0 Å². The Hall–Kier alpha value is -1.86. The third-order valence-electron chi connectivity index (χ3n) is 5.01. The van der Waals surface area contributed by atoms with Crippen LogP contribution in [0.2, 0.25) is 10.0 Å². The van der Waals surface area contributed by atoms with E-state index in [1.165, 1.54) is 7.11 Å². The molecule has 6 nitrogen and oxygen atoms in total. The van der Waals surface area contributed by atoms with Gasteiger partial charge in [0.2, 0.25) is 0 Å². The smallest absolute Gasteiger partial charge is 0.255 e. The highest BCUT2D eigenvalue weighted by Gasteiger charge is 2.27. The van der Waals surface area contributed by atoms with Crippen LogP contribution in [0, 0.1) is 20.8 Å². The van der Waals surface area contributed by atoms with Gasteiger partial charge in [-0.2, -0.15) is 0 Å². The number of aliphatic hydroxyl groups is 1.